The number of aromatic nitrogens is 1. The molecule has 0 unspecified atom stereocenters. The molecule has 3 atom stereocenters. The lowest BCUT2D eigenvalue weighted by molar-refractivity contribution is -0.159. The molecule has 6 heteroatoms. The van der Waals surface area contributed by atoms with Crippen molar-refractivity contribution in [3.63, 3.8) is 0 Å². The van der Waals surface area contributed by atoms with Gasteiger partial charge in [0.15, 0.2) is 0 Å². The van der Waals surface area contributed by atoms with E-state index in [4.69, 9.17) is 0 Å². The van der Waals surface area contributed by atoms with Gasteiger partial charge in [0.25, 0.3) is 5.91 Å². The number of pyridine rings is 1. The first-order valence-electron chi connectivity index (χ1n) is 10.8. The molecule has 0 aliphatic carbocycles. The number of aliphatic hydroxyl groups excluding tert-OH is 1. The van der Waals surface area contributed by atoms with E-state index in [-0.39, 0.29) is 43.0 Å². The Bertz CT molecular complexity index is 1150. The Hall–Kier alpha value is -3.51. The minimum absolute atomic E-state index is 0.0139. The van der Waals surface area contributed by atoms with E-state index in [9.17, 15) is 14.7 Å². The van der Waals surface area contributed by atoms with Crippen LogP contribution in [0.15, 0.2) is 73.1 Å². The average Bonchev–Trinajstić information content (AvgIpc) is 2.81. The average molecular weight is 428 g/mol. The summed E-state index contributed by atoms with van der Waals surface area (Å²) in [4.78, 5) is 33.1. The summed E-state index contributed by atoms with van der Waals surface area (Å²) in [5.74, 6) is -0.322. The smallest absolute Gasteiger partial charge is 0.255 e. The van der Waals surface area contributed by atoms with Crippen molar-refractivity contribution in [2.75, 3.05) is 19.7 Å². The number of aryl methyl sites for hydroxylation is 1. The molecule has 1 aromatic heterocycles. The van der Waals surface area contributed by atoms with Crippen LogP contribution < -0.4 is 0 Å². The van der Waals surface area contributed by atoms with E-state index >= 15 is 0 Å². The summed E-state index contributed by atoms with van der Waals surface area (Å²) in [7, 11) is 0. The monoisotopic (exact) mass is 427 g/mol. The van der Waals surface area contributed by atoms with Crippen molar-refractivity contribution in [3.8, 4) is 11.1 Å². The van der Waals surface area contributed by atoms with E-state index < -0.39 is 0 Å². The standard InChI is InChI=1S/C26H25N3O3/c1-17-4-2-5-20(12-17)18-7-9-19(10-8-18)25-22-14-28(15-24(31)29(22)23(25)16-30)26(32)21-6-3-11-27-13-21/h2-13,22-23,25,30H,14-16H2,1H3/t22-,23-,25-/m1/s1. The zero-order valence-corrected chi connectivity index (χ0v) is 17.9. The predicted molar refractivity (Wildman–Crippen MR) is 121 cm³/mol. The molecule has 1 N–H and O–H groups in total. The van der Waals surface area contributed by atoms with E-state index in [0.717, 1.165) is 16.7 Å². The molecular formula is C26H25N3O3. The fourth-order valence-electron chi connectivity index (χ4n) is 5.05. The SMILES string of the molecule is Cc1cccc(-c2ccc([C@H]3[C@@H](CO)N4C(=O)CN(C(=O)c5cccnc5)C[C@H]34)cc2)c1. The van der Waals surface area contributed by atoms with Gasteiger partial charge in [0.2, 0.25) is 5.91 Å². The van der Waals surface area contributed by atoms with E-state index in [1.807, 2.05) is 6.07 Å². The number of hydrogen-bond acceptors (Lipinski definition) is 4. The van der Waals surface area contributed by atoms with Crippen molar-refractivity contribution in [3.05, 3.63) is 89.7 Å². The second kappa shape index (κ2) is 8.20. The lowest BCUT2D eigenvalue weighted by atomic mass is 9.73. The predicted octanol–water partition coefficient (Wildman–Crippen LogP) is 2.87. The molecule has 32 heavy (non-hydrogen) atoms. The minimum atomic E-state index is -0.257. The first-order chi connectivity index (χ1) is 15.6. The van der Waals surface area contributed by atoms with Crippen LogP contribution in [0.3, 0.4) is 0 Å². The molecule has 0 radical (unpaired) electrons. The quantitative estimate of drug-likeness (QED) is 0.695. The van der Waals surface area contributed by atoms with Crippen molar-refractivity contribution in [2.24, 2.45) is 0 Å². The molecule has 2 amide bonds. The van der Waals surface area contributed by atoms with Crippen LogP contribution in [0.1, 0.15) is 27.4 Å². The van der Waals surface area contributed by atoms with Gasteiger partial charge in [0.1, 0.15) is 6.54 Å². The van der Waals surface area contributed by atoms with Crippen LogP contribution in [0, 0.1) is 6.92 Å². The lowest BCUT2D eigenvalue weighted by Crippen LogP contribution is -2.73. The van der Waals surface area contributed by atoms with Crippen LogP contribution in [0.25, 0.3) is 11.1 Å². The van der Waals surface area contributed by atoms with Gasteiger partial charge in [0, 0.05) is 24.9 Å². The molecule has 5 rings (SSSR count). The summed E-state index contributed by atoms with van der Waals surface area (Å²) in [5, 5.41) is 10.0. The van der Waals surface area contributed by atoms with Crippen molar-refractivity contribution in [1.29, 1.82) is 0 Å². The van der Waals surface area contributed by atoms with E-state index in [1.165, 1.54) is 11.8 Å². The molecule has 2 aliphatic heterocycles. The Morgan fingerprint density at radius 2 is 1.91 bits per heavy atom. The zero-order valence-electron chi connectivity index (χ0n) is 17.9. The van der Waals surface area contributed by atoms with Crippen LogP contribution in [0.4, 0.5) is 0 Å². The second-order valence-corrected chi connectivity index (χ2v) is 8.56. The summed E-state index contributed by atoms with van der Waals surface area (Å²) in [5.41, 5.74) is 5.05. The highest BCUT2D eigenvalue weighted by molar-refractivity contribution is 5.97. The Balaban J connectivity index is 1.39. The van der Waals surface area contributed by atoms with Gasteiger partial charge in [-0.15, -0.1) is 0 Å². The highest BCUT2D eigenvalue weighted by Crippen LogP contribution is 2.43. The molecule has 0 bridgehead atoms. The molecule has 3 heterocycles. The Morgan fingerprint density at radius 1 is 1.09 bits per heavy atom. The first-order valence-corrected chi connectivity index (χ1v) is 10.8. The van der Waals surface area contributed by atoms with Gasteiger partial charge >= 0.3 is 0 Å². The molecular weight excluding hydrogens is 402 g/mol. The fourth-order valence-corrected chi connectivity index (χ4v) is 5.05. The highest BCUT2D eigenvalue weighted by atomic mass is 16.3. The van der Waals surface area contributed by atoms with Crippen molar-refractivity contribution in [2.45, 2.75) is 24.9 Å². The van der Waals surface area contributed by atoms with Gasteiger partial charge < -0.3 is 14.9 Å². The first kappa shape index (κ1) is 20.4. The summed E-state index contributed by atoms with van der Waals surface area (Å²) in [6, 6.07) is 19.7. The number of aliphatic hydroxyl groups is 1. The number of piperazine rings is 1. The highest BCUT2D eigenvalue weighted by Gasteiger charge is 2.54. The summed E-state index contributed by atoms with van der Waals surface area (Å²) in [6.07, 6.45) is 3.14. The third-order valence-corrected chi connectivity index (χ3v) is 6.59. The molecule has 2 aliphatic rings. The number of fused-ring (bicyclic) bond motifs is 1. The van der Waals surface area contributed by atoms with E-state index in [2.05, 4.69) is 54.4 Å². The maximum atomic E-state index is 12.9. The third kappa shape index (κ3) is 3.46. The van der Waals surface area contributed by atoms with E-state index in [0.29, 0.717) is 12.1 Å². The molecule has 162 valence electrons. The Kier molecular flexibility index (Phi) is 5.23. The Labute approximate surface area is 187 Å². The molecule has 0 spiro atoms. The normalized spacial score (nSPS) is 22.3. The lowest BCUT2D eigenvalue weighted by Gasteiger charge is -2.58. The molecule has 6 nitrogen and oxygen atoms in total. The fraction of sp³-hybridized carbons (Fsp3) is 0.269. The summed E-state index contributed by atoms with van der Waals surface area (Å²) in [6.45, 7) is 2.45. The van der Waals surface area contributed by atoms with Crippen molar-refractivity contribution < 1.29 is 14.7 Å². The molecule has 2 saturated heterocycles. The minimum Gasteiger partial charge on any atom is -0.394 e. The zero-order chi connectivity index (χ0) is 22.2. The van der Waals surface area contributed by atoms with Gasteiger partial charge in [-0.25, -0.2) is 0 Å². The van der Waals surface area contributed by atoms with Crippen molar-refractivity contribution in [1.82, 2.24) is 14.8 Å². The summed E-state index contributed by atoms with van der Waals surface area (Å²) < 4.78 is 0. The maximum absolute atomic E-state index is 12.9. The number of nitrogens with zero attached hydrogens (tertiary/aromatic N) is 3. The largest absolute Gasteiger partial charge is 0.394 e. The van der Waals surface area contributed by atoms with Gasteiger partial charge in [-0.2, -0.15) is 0 Å². The van der Waals surface area contributed by atoms with Crippen LogP contribution in [0.2, 0.25) is 0 Å². The number of amides is 2. The molecule has 0 saturated carbocycles. The summed E-state index contributed by atoms with van der Waals surface area (Å²) >= 11 is 0. The third-order valence-electron chi connectivity index (χ3n) is 6.59. The van der Waals surface area contributed by atoms with Crippen molar-refractivity contribution >= 4 is 11.8 Å². The van der Waals surface area contributed by atoms with Crippen LogP contribution in [-0.2, 0) is 4.79 Å². The number of carbonyl (C=O) groups excluding carboxylic acids is 2. The van der Waals surface area contributed by atoms with Crippen LogP contribution in [-0.4, -0.2) is 63.5 Å². The molecule has 2 aromatic carbocycles. The van der Waals surface area contributed by atoms with Gasteiger partial charge in [-0.05, 0) is 35.7 Å². The second-order valence-electron chi connectivity index (χ2n) is 8.56. The molecule has 2 fully saturated rings. The Morgan fingerprint density at radius 3 is 2.59 bits per heavy atom. The van der Waals surface area contributed by atoms with Crippen LogP contribution >= 0.6 is 0 Å². The van der Waals surface area contributed by atoms with Gasteiger partial charge in [-0.3, -0.25) is 14.6 Å². The van der Waals surface area contributed by atoms with Gasteiger partial charge in [0.05, 0.1) is 24.3 Å². The number of hydrogen-bond donors (Lipinski definition) is 1. The van der Waals surface area contributed by atoms with Crippen LogP contribution in [0.5, 0.6) is 0 Å². The maximum Gasteiger partial charge on any atom is 0.255 e. The molecule has 3 aromatic rings. The van der Waals surface area contributed by atoms with Gasteiger partial charge in [-0.1, -0.05) is 54.1 Å². The number of rotatable bonds is 4. The number of benzene rings is 2. The number of carbonyl (C=O) groups is 2. The topological polar surface area (TPSA) is 73.7 Å². The van der Waals surface area contributed by atoms with E-state index in [1.54, 1.807) is 28.1 Å².